The molecule has 1 amide bonds. The summed E-state index contributed by atoms with van der Waals surface area (Å²) in [5, 5.41) is 20.1. The first kappa shape index (κ1) is 28.1. The van der Waals surface area contributed by atoms with Gasteiger partial charge in [0.05, 0.1) is 16.1 Å². The van der Waals surface area contributed by atoms with Gasteiger partial charge in [0.2, 0.25) is 5.91 Å². The lowest BCUT2D eigenvalue weighted by molar-refractivity contribution is -0.118. The molecule has 2 saturated carbocycles. The van der Waals surface area contributed by atoms with Crippen molar-refractivity contribution in [2.45, 2.75) is 108 Å². The van der Waals surface area contributed by atoms with E-state index < -0.39 is 5.97 Å². The summed E-state index contributed by atoms with van der Waals surface area (Å²) in [6.45, 7) is 9.68. The zero-order valence-electron chi connectivity index (χ0n) is 22.4. The Kier molecular flexibility index (Phi) is 8.72. The first-order valence-corrected chi connectivity index (χ1v) is 15.7. The summed E-state index contributed by atoms with van der Waals surface area (Å²) >= 11 is 4.67. The summed E-state index contributed by atoms with van der Waals surface area (Å²) in [4.78, 5) is 28.5. The van der Waals surface area contributed by atoms with E-state index in [2.05, 4.69) is 22.0 Å². The lowest BCUT2D eigenvalue weighted by atomic mass is 9.66. The number of carbonyl (C=O) groups excluding carboxylic acids is 1. The Balaban J connectivity index is 1.65. The van der Waals surface area contributed by atoms with Crippen LogP contribution in [-0.4, -0.2) is 38.0 Å². The zero-order chi connectivity index (χ0) is 26.8. The van der Waals surface area contributed by atoms with Crippen molar-refractivity contribution in [2.24, 2.45) is 11.3 Å². The number of thiophene rings is 1. The van der Waals surface area contributed by atoms with Gasteiger partial charge in [0.1, 0.15) is 9.88 Å². The maximum Gasteiger partial charge on any atom is 0.348 e. The van der Waals surface area contributed by atoms with Gasteiger partial charge in [0.25, 0.3) is 0 Å². The fraction of sp³-hybridized carbons (Fsp3) is 0.643. The highest BCUT2D eigenvalue weighted by Crippen LogP contribution is 2.50. The fourth-order valence-electron chi connectivity index (χ4n) is 5.90. The molecule has 2 aliphatic rings. The van der Waals surface area contributed by atoms with E-state index in [0.717, 1.165) is 67.1 Å². The molecule has 2 aromatic rings. The number of aromatic nitrogens is 2. The van der Waals surface area contributed by atoms with Crippen LogP contribution in [0.15, 0.2) is 10.4 Å². The molecule has 6 nitrogen and oxygen atoms in total. The normalized spacial score (nSPS) is 21.6. The molecule has 1 N–H and O–H groups in total. The highest BCUT2D eigenvalue weighted by Gasteiger charge is 2.48. The number of hydrogen-bond acceptors (Lipinski definition) is 7. The molecule has 2 heterocycles. The van der Waals surface area contributed by atoms with Gasteiger partial charge in [0, 0.05) is 17.6 Å². The summed E-state index contributed by atoms with van der Waals surface area (Å²) in [7, 11) is 0. The molecule has 9 heteroatoms. The van der Waals surface area contributed by atoms with Gasteiger partial charge < -0.3 is 10.0 Å². The molecular weight excluding hydrogens is 523 g/mol. The Bertz CT molecular complexity index is 1190. The fourth-order valence-corrected chi connectivity index (χ4v) is 8.99. The first-order chi connectivity index (χ1) is 17.5. The standard InChI is InChI=1S/C28H37N3O3S3/c1-18-29-30-26(35-18)37-21-11-9-20(10-12-21)28(14-7-6-8-15-28)31(19(2)32)23-17-22(13-16-27(3,4)5)36-24(23)25(33)34/h17,20-21H,6-12,14-15H2,1-5H3,(H,33,34). The van der Waals surface area contributed by atoms with Crippen LogP contribution in [0.2, 0.25) is 0 Å². The van der Waals surface area contributed by atoms with Crippen LogP contribution in [-0.2, 0) is 4.79 Å². The van der Waals surface area contributed by atoms with Crippen LogP contribution < -0.4 is 4.90 Å². The average molecular weight is 560 g/mol. The monoisotopic (exact) mass is 559 g/mol. The first-order valence-electron chi connectivity index (χ1n) is 13.2. The maximum atomic E-state index is 13.4. The van der Waals surface area contributed by atoms with Gasteiger partial charge >= 0.3 is 5.97 Å². The molecule has 4 rings (SSSR count). The van der Waals surface area contributed by atoms with E-state index in [1.807, 2.05) is 50.4 Å². The minimum Gasteiger partial charge on any atom is -0.477 e. The molecule has 0 aliphatic heterocycles. The van der Waals surface area contributed by atoms with Gasteiger partial charge in [-0.2, -0.15) is 0 Å². The summed E-state index contributed by atoms with van der Waals surface area (Å²) in [6.07, 6.45) is 9.32. The quantitative estimate of drug-likeness (QED) is 0.371. The summed E-state index contributed by atoms with van der Waals surface area (Å²) in [5.41, 5.74) is -0.00692. The van der Waals surface area contributed by atoms with Crippen molar-refractivity contribution >= 4 is 52.0 Å². The Labute approximate surface area is 232 Å². The number of rotatable bonds is 6. The SMILES string of the molecule is CC(=O)N(c1cc(C#CC(C)(C)C)sc1C(=O)O)C1(C2CCC(Sc3nnc(C)s3)CC2)CCCCC1. The molecule has 0 spiro atoms. The predicted molar refractivity (Wildman–Crippen MR) is 153 cm³/mol. The van der Waals surface area contributed by atoms with Gasteiger partial charge in [-0.1, -0.05) is 54.2 Å². The van der Waals surface area contributed by atoms with Gasteiger partial charge in [-0.15, -0.1) is 21.5 Å². The molecule has 2 aromatic heterocycles. The molecule has 0 bridgehead atoms. The Hall–Kier alpha value is -1.89. The van der Waals surface area contributed by atoms with E-state index in [1.54, 1.807) is 18.3 Å². The summed E-state index contributed by atoms with van der Waals surface area (Å²) in [6, 6.07) is 1.85. The minimum absolute atomic E-state index is 0.0710. The van der Waals surface area contributed by atoms with E-state index in [1.165, 1.54) is 11.3 Å². The van der Waals surface area contributed by atoms with Crippen LogP contribution in [0, 0.1) is 30.1 Å². The van der Waals surface area contributed by atoms with Crippen LogP contribution >= 0.6 is 34.4 Å². The van der Waals surface area contributed by atoms with Crippen LogP contribution in [0.25, 0.3) is 0 Å². The second-order valence-electron chi connectivity index (χ2n) is 11.3. The zero-order valence-corrected chi connectivity index (χ0v) is 24.9. The van der Waals surface area contributed by atoms with E-state index in [9.17, 15) is 14.7 Å². The van der Waals surface area contributed by atoms with Gasteiger partial charge in [-0.25, -0.2) is 4.79 Å². The van der Waals surface area contributed by atoms with E-state index in [4.69, 9.17) is 0 Å². The molecule has 0 unspecified atom stereocenters. The number of nitrogens with zero attached hydrogens (tertiary/aromatic N) is 3. The smallest absolute Gasteiger partial charge is 0.348 e. The van der Waals surface area contributed by atoms with E-state index in [0.29, 0.717) is 21.7 Å². The number of hydrogen-bond donors (Lipinski definition) is 1. The van der Waals surface area contributed by atoms with Crippen molar-refractivity contribution in [1.82, 2.24) is 10.2 Å². The Morgan fingerprint density at radius 3 is 2.32 bits per heavy atom. The average Bonchev–Trinajstić information content (AvgIpc) is 3.44. The van der Waals surface area contributed by atoms with Crippen molar-refractivity contribution in [2.75, 3.05) is 4.90 Å². The van der Waals surface area contributed by atoms with Crippen LogP contribution in [0.5, 0.6) is 0 Å². The third-order valence-electron chi connectivity index (χ3n) is 7.40. The van der Waals surface area contributed by atoms with Crippen molar-refractivity contribution < 1.29 is 14.7 Å². The van der Waals surface area contributed by atoms with Gasteiger partial charge in [0.15, 0.2) is 4.34 Å². The maximum absolute atomic E-state index is 13.4. The molecule has 37 heavy (non-hydrogen) atoms. The number of anilines is 1. The number of carbonyl (C=O) groups is 2. The predicted octanol–water partition coefficient (Wildman–Crippen LogP) is 7.41. The number of aromatic carboxylic acids is 1. The lowest BCUT2D eigenvalue weighted by Gasteiger charge is -2.52. The number of thioether (sulfide) groups is 1. The van der Waals surface area contributed by atoms with Gasteiger partial charge in [-0.05, 0) is 78.2 Å². The van der Waals surface area contributed by atoms with Crippen molar-refractivity contribution in [1.29, 1.82) is 0 Å². The second kappa shape index (κ2) is 11.5. The van der Waals surface area contributed by atoms with Gasteiger partial charge in [-0.3, -0.25) is 4.79 Å². The van der Waals surface area contributed by atoms with Crippen molar-refractivity contribution in [3.63, 3.8) is 0 Å². The molecule has 0 atom stereocenters. The van der Waals surface area contributed by atoms with Crippen LogP contribution in [0.3, 0.4) is 0 Å². The van der Waals surface area contributed by atoms with Crippen molar-refractivity contribution in [3.8, 4) is 11.8 Å². The molecular formula is C28H37N3O3S3. The second-order valence-corrected chi connectivity index (χ2v) is 15.1. The topological polar surface area (TPSA) is 83.4 Å². The van der Waals surface area contributed by atoms with Crippen LogP contribution in [0.4, 0.5) is 5.69 Å². The molecule has 0 radical (unpaired) electrons. The van der Waals surface area contributed by atoms with Crippen molar-refractivity contribution in [3.05, 3.63) is 20.8 Å². The number of carboxylic acid groups (broad SMARTS) is 1. The third-order valence-corrected chi connectivity index (χ3v) is 10.7. The molecule has 0 aromatic carbocycles. The lowest BCUT2D eigenvalue weighted by Crippen LogP contribution is -2.58. The van der Waals surface area contributed by atoms with E-state index in [-0.39, 0.29) is 21.7 Å². The molecule has 2 aliphatic carbocycles. The molecule has 2 fully saturated rings. The number of carboxylic acids is 1. The summed E-state index contributed by atoms with van der Waals surface area (Å²) in [5.74, 6) is 5.67. The number of aryl methyl sites for hydroxylation is 1. The van der Waals surface area contributed by atoms with Crippen LogP contribution in [0.1, 0.15) is 105 Å². The third kappa shape index (κ3) is 6.58. The molecule has 0 saturated heterocycles. The Morgan fingerprint density at radius 1 is 1.11 bits per heavy atom. The summed E-state index contributed by atoms with van der Waals surface area (Å²) < 4.78 is 1.03. The molecule has 200 valence electrons. The minimum atomic E-state index is -0.992. The highest BCUT2D eigenvalue weighted by atomic mass is 32.2. The highest BCUT2D eigenvalue weighted by molar-refractivity contribution is 8.01. The largest absolute Gasteiger partial charge is 0.477 e. The Morgan fingerprint density at radius 2 is 1.78 bits per heavy atom. The van der Waals surface area contributed by atoms with E-state index >= 15 is 0 Å². The number of amides is 1.